The third kappa shape index (κ3) is 2.86. The molecule has 2 aliphatic heterocycles. The van der Waals surface area contributed by atoms with E-state index in [9.17, 15) is 9.90 Å². The van der Waals surface area contributed by atoms with Crippen molar-refractivity contribution in [2.75, 3.05) is 6.61 Å². The molecule has 1 saturated carbocycles. The van der Waals surface area contributed by atoms with E-state index in [4.69, 9.17) is 23.7 Å². The lowest BCUT2D eigenvalue weighted by molar-refractivity contribution is -0.200. The SMILES string of the molecule is CCC1(CC)O[C@@H]2C[C@@]3(COC(C)=O)OC(C)(C)O[C@H]3C(O)[C@@H]2O1. The van der Waals surface area contributed by atoms with Gasteiger partial charge >= 0.3 is 5.97 Å². The Hall–Kier alpha value is -0.730. The van der Waals surface area contributed by atoms with Gasteiger partial charge in [0.2, 0.25) is 0 Å². The van der Waals surface area contributed by atoms with Gasteiger partial charge in [0.25, 0.3) is 0 Å². The minimum Gasteiger partial charge on any atom is -0.463 e. The molecule has 2 heterocycles. The molecule has 1 unspecified atom stereocenters. The van der Waals surface area contributed by atoms with Crippen molar-refractivity contribution >= 4 is 5.97 Å². The molecule has 1 N–H and O–H groups in total. The monoisotopic (exact) mass is 344 g/mol. The highest BCUT2D eigenvalue weighted by molar-refractivity contribution is 5.66. The average Bonchev–Trinajstić information content (AvgIpc) is 3.01. The first-order valence-corrected chi connectivity index (χ1v) is 8.71. The summed E-state index contributed by atoms with van der Waals surface area (Å²) in [6, 6.07) is 0. The van der Waals surface area contributed by atoms with Crippen LogP contribution in [-0.2, 0) is 28.5 Å². The predicted molar refractivity (Wildman–Crippen MR) is 83.1 cm³/mol. The van der Waals surface area contributed by atoms with Gasteiger partial charge in [-0.3, -0.25) is 4.79 Å². The van der Waals surface area contributed by atoms with Crippen molar-refractivity contribution in [3.8, 4) is 0 Å². The van der Waals surface area contributed by atoms with Crippen LogP contribution in [0.5, 0.6) is 0 Å². The number of carbonyl (C=O) groups excluding carboxylic acids is 1. The molecule has 1 aliphatic carbocycles. The van der Waals surface area contributed by atoms with Crippen LogP contribution < -0.4 is 0 Å². The number of carbonyl (C=O) groups is 1. The summed E-state index contributed by atoms with van der Waals surface area (Å²) in [5.74, 6) is -1.96. The predicted octanol–water partition coefficient (Wildman–Crippen LogP) is 1.50. The quantitative estimate of drug-likeness (QED) is 0.774. The van der Waals surface area contributed by atoms with E-state index in [1.807, 2.05) is 13.8 Å². The van der Waals surface area contributed by atoms with Crippen LogP contribution in [0, 0.1) is 0 Å². The van der Waals surface area contributed by atoms with E-state index in [-0.39, 0.29) is 12.7 Å². The van der Waals surface area contributed by atoms with Crippen LogP contribution in [-0.4, -0.2) is 59.3 Å². The lowest BCUT2D eigenvalue weighted by atomic mass is 9.77. The number of esters is 1. The zero-order chi connectivity index (χ0) is 17.8. The summed E-state index contributed by atoms with van der Waals surface area (Å²) in [6.45, 7) is 8.94. The van der Waals surface area contributed by atoms with E-state index in [0.29, 0.717) is 19.3 Å². The standard InChI is InChI=1S/C17H28O7/c1-6-17(7-2)21-11-8-16(9-20-10(3)18)14(12(19)13(11)22-17)23-15(4,5)24-16/h11-14,19H,6-9H2,1-5H3/t11-,12?,13-,14+,16+/m1/s1. The summed E-state index contributed by atoms with van der Waals surface area (Å²) in [6.07, 6.45) is -0.530. The number of ether oxygens (including phenoxy) is 5. The zero-order valence-electron chi connectivity index (χ0n) is 15.0. The normalized spacial score (nSPS) is 42.4. The van der Waals surface area contributed by atoms with Crippen molar-refractivity contribution in [3.05, 3.63) is 0 Å². The van der Waals surface area contributed by atoms with Crippen molar-refractivity contribution in [3.63, 3.8) is 0 Å². The maximum Gasteiger partial charge on any atom is 0.302 e. The van der Waals surface area contributed by atoms with E-state index in [0.717, 1.165) is 0 Å². The second kappa shape index (κ2) is 5.92. The molecular formula is C17H28O7. The number of aliphatic hydroxyl groups excluding tert-OH is 1. The summed E-state index contributed by atoms with van der Waals surface area (Å²) in [4.78, 5) is 11.3. The first-order valence-electron chi connectivity index (χ1n) is 8.71. The van der Waals surface area contributed by atoms with E-state index in [1.54, 1.807) is 13.8 Å². The number of hydrogen-bond donors (Lipinski definition) is 1. The van der Waals surface area contributed by atoms with E-state index in [2.05, 4.69) is 0 Å². The van der Waals surface area contributed by atoms with E-state index < -0.39 is 41.5 Å². The Morgan fingerprint density at radius 1 is 1.21 bits per heavy atom. The summed E-state index contributed by atoms with van der Waals surface area (Å²) < 4.78 is 29.6. The number of fused-ring (bicyclic) bond motifs is 2. The largest absolute Gasteiger partial charge is 0.463 e. The van der Waals surface area contributed by atoms with E-state index >= 15 is 0 Å². The Morgan fingerprint density at radius 3 is 2.46 bits per heavy atom. The Kier molecular flexibility index (Phi) is 4.45. The fraction of sp³-hybridized carbons (Fsp3) is 0.941. The van der Waals surface area contributed by atoms with Crippen molar-refractivity contribution in [1.82, 2.24) is 0 Å². The molecule has 24 heavy (non-hydrogen) atoms. The molecule has 0 bridgehead atoms. The third-order valence-electron chi connectivity index (χ3n) is 5.25. The van der Waals surface area contributed by atoms with Gasteiger partial charge in [-0.1, -0.05) is 13.8 Å². The van der Waals surface area contributed by atoms with Crippen LogP contribution in [0.25, 0.3) is 0 Å². The molecule has 3 rings (SSSR count). The number of rotatable bonds is 4. The van der Waals surface area contributed by atoms with Gasteiger partial charge in [-0.25, -0.2) is 0 Å². The lowest BCUT2D eigenvalue weighted by Crippen LogP contribution is -2.62. The van der Waals surface area contributed by atoms with Gasteiger partial charge in [-0.15, -0.1) is 0 Å². The molecule has 0 radical (unpaired) electrons. The molecule has 2 saturated heterocycles. The van der Waals surface area contributed by atoms with Gasteiger partial charge in [-0.05, 0) is 26.7 Å². The van der Waals surface area contributed by atoms with Crippen molar-refractivity contribution in [1.29, 1.82) is 0 Å². The fourth-order valence-corrected chi connectivity index (χ4v) is 4.16. The van der Waals surface area contributed by atoms with Crippen LogP contribution in [0.15, 0.2) is 0 Å². The zero-order valence-corrected chi connectivity index (χ0v) is 15.0. The fourth-order valence-electron chi connectivity index (χ4n) is 4.16. The van der Waals surface area contributed by atoms with Gasteiger partial charge in [0, 0.05) is 13.3 Å². The van der Waals surface area contributed by atoms with Gasteiger partial charge in [-0.2, -0.15) is 0 Å². The number of aliphatic hydroxyl groups is 1. The van der Waals surface area contributed by atoms with Crippen LogP contribution in [0.1, 0.15) is 53.9 Å². The van der Waals surface area contributed by atoms with Gasteiger partial charge < -0.3 is 28.8 Å². The maximum atomic E-state index is 11.3. The summed E-state index contributed by atoms with van der Waals surface area (Å²) in [5, 5.41) is 10.9. The summed E-state index contributed by atoms with van der Waals surface area (Å²) in [5.41, 5.74) is -0.934. The highest BCUT2D eigenvalue weighted by Gasteiger charge is 2.66. The first kappa shape index (κ1) is 18.1. The molecule has 3 fully saturated rings. The third-order valence-corrected chi connectivity index (χ3v) is 5.25. The van der Waals surface area contributed by atoms with E-state index in [1.165, 1.54) is 6.92 Å². The molecule has 0 spiro atoms. The Morgan fingerprint density at radius 2 is 1.88 bits per heavy atom. The van der Waals surface area contributed by atoms with Crippen molar-refractivity contribution in [2.45, 2.75) is 95.5 Å². The molecule has 3 aliphatic rings. The Balaban J connectivity index is 1.88. The summed E-state index contributed by atoms with van der Waals surface area (Å²) in [7, 11) is 0. The molecule has 0 aromatic rings. The second-order valence-corrected chi connectivity index (χ2v) is 7.44. The minimum absolute atomic E-state index is 0.0192. The Bertz CT molecular complexity index is 499. The average molecular weight is 344 g/mol. The minimum atomic E-state index is -0.934. The van der Waals surface area contributed by atoms with Crippen molar-refractivity contribution in [2.24, 2.45) is 0 Å². The molecular weight excluding hydrogens is 316 g/mol. The van der Waals surface area contributed by atoms with Crippen molar-refractivity contribution < 1.29 is 33.6 Å². The molecule has 5 atom stereocenters. The molecule has 0 aromatic heterocycles. The molecule has 0 aromatic carbocycles. The number of hydrogen-bond acceptors (Lipinski definition) is 7. The van der Waals surface area contributed by atoms with Crippen LogP contribution in [0.3, 0.4) is 0 Å². The second-order valence-electron chi connectivity index (χ2n) is 7.44. The highest BCUT2D eigenvalue weighted by Crippen LogP contribution is 2.51. The molecule has 7 heteroatoms. The molecule has 0 amide bonds. The highest BCUT2D eigenvalue weighted by atomic mass is 16.8. The maximum absolute atomic E-state index is 11.3. The first-order chi connectivity index (χ1) is 11.2. The lowest BCUT2D eigenvalue weighted by Gasteiger charge is -2.42. The van der Waals surface area contributed by atoms with Gasteiger partial charge in [0.1, 0.15) is 30.5 Å². The van der Waals surface area contributed by atoms with Crippen LogP contribution in [0.4, 0.5) is 0 Å². The van der Waals surface area contributed by atoms with Gasteiger partial charge in [0.15, 0.2) is 11.6 Å². The molecule has 7 nitrogen and oxygen atoms in total. The summed E-state index contributed by atoms with van der Waals surface area (Å²) >= 11 is 0. The van der Waals surface area contributed by atoms with Gasteiger partial charge in [0.05, 0.1) is 6.10 Å². The topological polar surface area (TPSA) is 83.5 Å². The van der Waals surface area contributed by atoms with Crippen LogP contribution >= 0.6 is 0 Å². The Labute approximate surface area is 142 Å². The van der Waals surface area contributed by atoms with Crippen LogP contribution in [0.2, 0.25) is 0 Å². The molecule has 138 valence electrons. The smallest absolute Gasteiger partial charge is 0.302 e.